The van der Waals surface area contributed by atoms with E-state index in [1.165, 1.54) is 7.11 Å². The predicted molar refractivity (Wildman–Crippen MR) is 79.4 cm³/mol. The fraction of sp³-hybridized carbons (Fsp3) is 0.429. The van der Waals surface area contributed by atoms with E-state index >= 15 is 0 Å². The van der Waals surface area contributed by atoms with Crippen LogP contribution >= 0.6 is 12.4 Å². The van der Waals surface area contributed by atoms with Crippen molar-refractivity contribution in [3.8, 4) is 0 Å². The summed E-state index contributed by atoms with van der Waals surface area (Å²) in [7, 11) is 1.34. The van der Waals surface area contributed by atoms with Gasteiger partial charge in [0.2, 0.25) is 5.91 Å². The molecule has 1 heterocycles. The minimum Gasteiger partial charge on any atom is -0.465 e. The number of nitrogens with one attached hydrogen (secondary N) is 2. The van der Waals surface area contributed by atoms with Crippen LogP contribution in [0, 0.1) is 6.92 Å². The normalized spacial score (nSPS) is 17.2. The van der Waals surface area contributed by atoms with Gasteiger partial charge < -0.3 is 15.4 Å². The molecule has 2 rings (SSSR count). The summed E-state index contributed by atoms with van der Waals surface area (Å²) in [5, 5.41) is 5.95. The number of hydrogen-bond acceptors (Lipinski definition) is 4. The van der Waals surface area contributed by atoms with Crippen molar-refractivity contribution < 1.29 is 14.3 Å². The number of aryl methyl sites for hydroxylation is 1. The molecule has 0 aliphatic carbocycles. The highest BCUT2D eigenvalue weighted by Gasteiger charge is 2.22. The Morgan fingerprint density at radius 3 is 2.75 bits per heavy atom. The minimum absolute atomic E-state index is 0. The van der Waals surface area contributed by atoms with Crippen LogP contribution in [0.3, 0.4) is 0 Å². The molecule has 1 aromatic carbocycles. The van der Waals surface area contributed by atoms with Gasteiger partial charge in [-0.1, -0.05) is 6.07 Å². The molecule has 1 unspecified atom stereocenters. The highest BCUT2D eigenvalue weighted by atomic mass is 35.5. The highest BCUT2D eigenvalue weighted by Crippen LogP contribution is 2.17. The second-order valence-electron chi connectivity index (χ2n) is 4.66. The maximum atomic E-state index is 12.0. The second kappa shape index (κ2) is 7.26. The lowest BCUT2D eigenvalue weighted by molar-refractivity contribution is -0.117. The van der Waals surface area contributed by atoms with Gasteiger partial charge in [-0.05, 0) is 44.0 Å². The predicted octanol–water partition coefficient (Wildman–Crippen LogP) is 1.89. The molecule has 5 nitrogen and oxygen atoms in total. The molecule has 20 heavy (non-hydrogen) atoms. The first-order chi connectivity index (χ1) is 9.11. The largest absolute Gasteiger partial charge is 0.465 e. The van der Waals surface area contributed by atoms with Crippen molar-refractivity contribution >= 4 is 30.0 Å². The molecule has 1 aliphatic rings. The molecule has 1 fully saturated rings. The summed E-state index contributed by atoms with van der Waals surface area (Å²) in [5.74, 6) is -0.454. The molecule has 1 aliphatic heterocycles. The third-order valence-corrected chi connectivity index (χ3v) is 3.29. The van der Waals surface area contributed by atoms with Crippen molar-refractivity contribution in [2.75, 3.05) is 19.0 Å². The Hall–Kier alpha value is -1.59. The number of carbonyl (C=O) groups excluding carboxylic acids is 2. The SMILES string of the molecule is COC(=O)c1cc(NC(=O)C2CCCN2)ccc1C.Cl. The van der Waals surface area contributed by atoms with Crippen LogP contribution in [0.25, 0.3) is 0 Å². The molecule has 0 radical (unpaired) electrons. The van der Waals surface area contributed by atoms with Gasteiger partial charge in [0.1, 0.15) is 0 Å². The lowest BCUT2D eigenvalue weighted by atomic mass is 10.1. The molecule has 0 saturated carbocycles. The van der Waals surface area contributed by atoms with Crippen LogP contribution < -0.4 is 10.6 Å². The first kappa shape index (κ1) is 16.5. The molecule has 1 aromatic rings. The maximum Gasteiger partial charge on any atom is 0.338 e. The van der Waals surface area contributed by atoms with E-state index in [1.807, 2.05) is 6.92 Å². The number of ether oxygens (including phenoxy) is 1. The van der Waals surface area contributed by atoms with Crippen LogP contribution in [0.15, 0.2) is 18.2 Å². The average Bonchev–Trinajstić information content (AvgIpc) is 2.94. The standard InChI is InChI=1S/C14H18N2O3.ClH/c1-9-5-6-10(8-11(9)14(18)19-2)16-13(17)12-4-3-7-15-12;/h5-6,8,12,15H,3-4,7H2,1-2H3,(H,16,17);1H. The number of benzene rings is 1. The van der Waals surface area contributed by atoms with Crippen LogP contribution in [0.4, 0.5) is 5.69 Å². The Morgan fingerprint density at radius 1 is 1.40 bits per heavy atom. The first-order valence-electron chi connectivity index (χ1n) is 6.35. The zero-order valence-corrected chi connectivity index (χ0v) is 12.4. The summed E-state index contributed by atoms with van der Waals surface area (Å²) in [5.41, 5.74) is 1.91. The fourth-order valence-electron chi connectivity index (χ4n) is 2.17. The van der Waals surface area contributed by atoms with E-state index in [0.29, 0.717) is 11.3 Å². The van der Waals surface area contributed by atoms with Gasteiger partial charge >= 0.3 is 5.97 Å². The maximum absolute atomic E-state index is 12.0. The Kier molecular flexibility index (Phi) is 5.98. The number of esters is 1. The quantitative estimate of drug-likeness (QED) is 0.836. The monoisotopic (exact) mass is 298 g/mol. The van der Waals surface area contributed by atoms with Gasteiger partial charge in [-0.15, -0.1) is 12.4 Å². The van der Waals surface area contributed by atoms with E-state index < -0.39 is 5.97 Å². The van der Waals surface area contributed by atoms with Crippen molar-refractivity contribution in [3.05, 3.63) is 29.3 Å². The molecule has 0 spiro atoms. The van der Waals surface area contributed by atoms with Gasteiger partial charge in [-0.3, -0.25) is 4.79 Å². The molecule has 6 heteroatoms. The van der Waals surface area contributed by atoms with Crippen LogP contribution in [0.5, 0.6) is 0 Å². The number of anilines is 1. The summed E-state index contributed by atoms with van der Waals surface area (Å²) < 4.78 is 4.71. The number of carbonyl (C=O) groups is 2. The average molecular weight is 299 g/mol. The van der Waals surface area contributed by atoms with E-state index in [9.17, 15) is 9.59 Å². The van der Waals surface area contributed by atoms with Crippen LogP contribution in [-0.2, 0) is 9.53 Å². The van der Waals surface area contributed by atoms with E-state index in [4.69, 9.17) is 4.74 Å². The van der Waals surface area contributed by atoms with E-state index in [0.717, 1.165) is 24.9 Å². The number of amides is 1. The number of halogens is 1. The van der Waals surface area contributed by atoms with Gasteiger partial charge in [0.05, 0.1) is 18.7 Å². The van der Waals surface area contributed by atoms with Gasteiger partial charge in [0.15, 0.2) is 0 Å². The molecule has 1 atom stereocenters. The Morgan fingerprint density at radius 2 is 2.15 bits per heavy atom. The summed E-state index contributed by atoms with van der Waals surface area (Å²) in [4.78, 5) is 23.5. The van der Waals surface area contributed by atoms with Crippen LogP contribution in [-0.4, -0.2) is 31.6 Å². The lowest BCUT2D eigenvalue weighted by Crippen LogP contribution is -2.35. The molecule has 0 aromatic heterocycles. The highest BCUT2D eigenvalue weighted by molar-refractivity contribution is 5.97. The van der Waals surface area contributed by atoms with Crippen molar-refractivity contribution in [1.29, 1.82) is 0 Å². The second-order valence-corrected chi connectivity index (χ2v) is 4.66. The number of rotatable bonds is 3. The Balaban J connectivity index is 0.00000200. The summed E-state index contributed by atoms with van der Waals surface area (Å²) >= 11 is 0. The molecule has 0 bridgehead atoms. The molecular formula is C14H19ClN2O3. The number of hydrogen-bond donors (Lipinski definition) is 2. The van der Waals surface area contributed by atoms with Crippen LogP contribution in [0.2, 0.25) is 0 Å². The molecule has 1 saturated heterocycles. The van der Waals surface area contributed by atoms with Gasteiger partial charge in [0.25, 0.3) is 0 Å². The molecule has 2 N–H and O–H groups in total. The van der Waals surface area contributed by atoms with Gasteiger partial charge in [-0.2, -0.15) is 0 Å². The van der Waals surface area contributed by atoms with Crippen molar-refractivity contribution in [2.45, 2.75) is 25.8 Å². The lowest BCUT2D eigenvalue weighted by Gasteiger charge is -2.12. The number of methoxy groups -OCH3 is 1. The summed E-state index contributed by atoms with van der Waals surface area (Å²) in [6, 6.07) is 5.09. The topological polar surface area (TPSA) is 67.4 Å². The van der Waals surface area contributed by atoms with E-state index in [2.05, 4.69) is 10.6 Å². The van der Waals surface area contributed by atoms with Crippen molar-refractivity contribution in [3.63, 3.8) is 0 Å². The van der Waals surface area contributed by atoms with E-state index in [-0.39, 0.29) is 24.4 Å². The minimum atomic E-state index is -0.396. The zero-order chi connectivity index (χ0) is 13.8. The third-order valence-electron chi connectivity index (χ3n) is 3.29. The van der Waals surface area contributed by atoms with E-state index in [1.54, 1.807) is 18.2 Å². The first-order valence-corrected chi connectivity index (χ1v) is 6.35. The summed E-state index contributed by atoms with van der Waals surface area (Å²) in [6.45, 7) is 2.70. The van der Waals surface area contributed by atoms with Crippen molar-refractivity contribution in [2.24, 2.45) is 0 Å². The molecule has 110 valence electrons. The smallest absolute Gasteiger partial charge is 0.338 e. The Bertz CT molecular complexity index is 499. The Labute approximate surface area is 124 Å². The summed E-state index contributed by atoms with van der Waals surface area (Å²) in [6.07, 6.45) is 1.86. The molecule has 1 amide bonds. The molecular weight excluding hydrogens is 280 g/mol. The van der Waals surface area contributed by atoms with Crippen molar-refractivity contribution in [1.82, 2.24) is 5.32 Å². The zero-order valence-electron chi connectivity index (χ0n) is 11.6. The van der Waals surface area contributed by atoms with Gasteiger partial charge in [0, 0.05) is 5.69 Å². The third kappa shape index (κ3) is 3.71. The van der Waals surface area contributed by atoms with Crippen LogP contribution in [0.1, 0.15) is 28.8 Å². The van der Waals surface area contributed by atoms with Gasteiger partial charge in [-0.25, -0.2) is 4.79 Å². The fourth-order valence-corrected chi connectivity index (χ4v) is 2.17.